The number of esters is 1. The van der Waals surface area contributed by atoms with Gasteiger partial charge in [-0.25, -0.2) is 9.36 Å². The monoisotopic (exact) mass is 239 g/mol. The van der Waals surface area contributed by atoms with Crippen molar-refractivity contribution in [1.82, 2.24) is 0 Å². The summed E-state index contributed by atoms with van der Waals surface area (Å²) in [5, 5.41) is 3.15. The molecule has 0 aromatic carbocycles. The summed E-state index contributed by atoms with van der Waals surface area (Å²) in [6, 6.07) is 0. The van der Waals surface area contributed by atoms with Gasteiger partial charge in [-0.05, 0) is 5.53 Å². The summed E-state index contributed by atoms with van der Waals surface area (Å²) in [5.74, 6) is -0.506. The van der Waals surface area contributed by atoms with Crippen LogP contribution in [0.15, 0.2) is 17.8 Å². The van der Waals surface area contributed by atoms with Crippen LogP contribution >= 0.6 is 7.82 Å². The van der Waals surface area contributed by atoms with Crippen molar-refractivity contribution in [1.29, 1.82) is 0 Å². The number of carbonyl (C=O) groups is 1. The van der Waals surface area contributed by atoms with Gasteiger partial charge in [0.15, 0.2) is 0 Å². The van der Waals surface area contributed by atoms with E-state index in [0.29, 0.717) is 0 Å². The SMILES string of the molecule is C=CC(=O)OCCN=[N+]=[N-].O=P(O)(O)O. The number of ether oxygens (including phenoxy) is 1. The zero-order valence-electron chi connectivity index (χ0n) is 7.55. The molecule has 0 aliphatic heterocycles. The van der Waals surface area contributed by atoms with E-state index in [4.69, 9.17) is 24.8 Å². The van der Waals surface area contributed by atoms with Gasteiger partial charge in [0.1, 0.15) is 0 Å². The average molecular weight is 239 g/mol. The van der Waals surface area contributed by atoms with E-state index < -0.39 is 13.8 Å². The summed E-state index contributed by atoms with van der Waals surface area (Å²) >= 11 is 0. The number of hydrogen-bond donors (Lipinski definition) is 3. The molecular weight excluding hydrogens is 229 g/mol. The fourth-order valence-corrected chi connectivity index (χ4v) is 0.291. The summed E-state index contributed by atoms with van der Waals surface area (Å²) in [4.78, 5) is 34.3. The summed E-state index contributed by atoms with van der Waals surface area (Å²) < 4.78 is 13.4. The highest BCUT2D eigenvalue weighted by molar-refractivity contribution is 7.45. The second kappa shape index (κ2) is 9.20. The zero-order valence-corrected chi connectivity index (χ0v) is 8.45. The molecule has 0 unspecified atom stereocenters. The van der Waals surface area contributed by atoms with Crippen LogP contribution < -0.4 is 0 Å². The molecule has 0 spiro atoms. The van der Waals surface area contributed by atoms with Crippen LogP contribution in [0.5, 0.6) is 0 Å². The predicted molar refractivity (Wildman–Crippen MR) is 49.4 cm³/mol. The molecule has 0 aromatic rings. The largest absolute Gasteiger partial charge is 0.466 e. The predicted octanol–water partition coefficient (Wildman–Crippen LogP) is 0.0973. The maximum atomic E-state index is 10.3. The standard InChI is InChI=1S/C5H7N3O2.H3O4P/c1-2-5(9)10-4-3-7-8-6;1-5(2,3)4/h2H,1,3-4H2;(H3,1,2,3,4). The molecule has 10 heteroatoms. The fourth-order valence-electron chi connectivity index (χ4n) is 0.291. The Morgan fingerprint density at radius 3 is 2.40 bits per heavy atom. The van der Waals surface area contributed by atoms with Crippen molar-refractivity contribution >= 4 is 13.8 Å². The Morgan fingerprint density at radius 1 is 1.60 bits per heavy atom. The van der Waals surface area contributed by atoms with Crippen molar-refractivity contribution in [2.45, 2.75) is 0 Å². The number of carbonyl (C=O) groups excluding carboxylic acids is 1. The highest BCUT2D eigenvalue weighted by atomic mass is 31.2. The average Bonchev–Trinajstić information content (AvgIpc) is 2.09. The van der Waals surface area contributed by atoms with Crippen molar-refractivity contribution < 1.29 is 28.8 Å². The Balaban J connectivity index is 0. The number of rotatable bonds is 4. The van der Waals surface area contributed by atoms with Gasteiger partial charge in [-0.2, -0.15) is 0 Å². The van der Waals surface area contributed by atoms with Gasteiger partial charge in [-0.15, -0.1) is 0 Å². The third-order valence-electron chi connectivity index (χ3n) is 0.666. The molecule has 0 amide bonds. The first-order valence-corrected chi connectivity index (χ1v) is 4.96. The molecule has 0 aromatic heterocycles. The second-order valence-corrected chi connectivity index (χ2v) is 2.87. The van der Waals surface area contributed by atoms with Crippen LogP contribution in [0.25, 0.3) is 10.4 Å². The van der Waals surface area contributed by atoms with Crippen LogP contribution in [0.3, 0.4) is 0 Å². The highest BCUT2D eigenvalue weighted by Gasteiger charge is 2.00. The van der Waals surface area contributed by atoms with Crippen molar-refractivity contribution in [3.05, 3.63) is 23.1 Å². The molecule has 9 nitrogen and oxygen atoms in total. The van der Waals surface area contributed by atoms with Gasteiger partial charge in [0.05, 0.1) is 13.2 Å². The van der Waals surface area contributed by atoms with E-state index in [1.807, 2.05) is 0 Å². The lowest BCUT2D eigenvalue weighted by Crippen LogP contribution is -2.03. The molecule has 0 saturated heterocycles. The Morgan fingerprint density at radius 2 is 2.07 bits per heavy atom. The third-order valence-corrected chi connectivity index (χ3v) is 0.666. The minimum absolute atomic E-state index is 0.106. The lowest BCUT2D eigenvalue weighted by Gasteiger charge is -1.94. The molecule has 0 aliphatic carbocycles. The molecule has 0 heterocycles. The number of azide groups is 1. The van der Waals surface area contributed by atoms with E-state index in [0.717, 1.165) is 6.08 Å². The lowest BCUT2D eigenvalue weighted by atomic mass is 10.6. The Hall–Kier alpha value is -1.37. The molecule has 0 bridgehead atoms. The van der Waals surface area contributed by atoms with Gasteiger partial charge in [-0.1, -0.05) is 11.7 Å². The van der Waals surface area contributed by atoms with Crippen LogP contribution in [0, 0.1) is 0 Å². The van der Waals surface area contributed by atoms with Crippen molar-refractivity contribution in [2.75, 3.05) is 13.2 Å². The van der Waals surface area contributed by atoms with Crippen LogP contribution in [0.2, 0.25) is 0 Å². The lowest BCUT2D eigenvalue weighted by molar-refractivity contribution is -0.137. The van der Waals surface area contributed by atoms with Gasteiger partial charge in [0.2, 0.25) is 0 Å². The molecule has 0 rings (SSSR count). The van der Waals surface area contributed by atoms with E-state index in [2.05, 4.69) is 21.3 Å². The molecule has 0 radical (unpaired) electrons. The normalized spacial score (nSPS) is 9.00. The van der Waals surface area contributed by atoms with Crippen LogP contribution in [0.1, 0.15) is 0 Å². The summed E-state index contributed by atoms with van der Waals surface area (Å²) in [6.07, 6.45) is 1.05. The maximum Gasteiger partial charge on any atom is 0.466 e. The fraction of sp³-hybridized carbons (Fsp3) is 0.400. The number of nitrogens with zero attached hydrogens (tertiary/aromatic N) is 3. The molecule has 0 aliphatic rings. The zero-order chi connectivity index (χ0) is 12.3. The highest BCUT2D eigenvalue weighted by Crippen LogP contribution is 2.25. The van der Waals surface area contributed by atoms with Gasteiger partial charge >= 0.3 is 13.8 Å². The number of phosphoric acid groups is 1. The molecule has 86 valence electrons. The van der Waals surface area contributed by atoms with Gasteiger partial charge < -0.3 is 19.4 Å². The third kappa shape index (κ3) is 32.5. The summed E-state index contributed by atoms with van der Waals surface area (Å²) in [5.41, 5.74) is 7.79. The first-order chi connectivity index (χ1) is 6.81. The van der Waals surface area contributed by atoms with Crippen molar-refractivity contribution in [3.63, 3.8) is 0 Å². The minimum Gasteiger partial charge on any atom is -0.462 e. The molecule has 0 saturated carbocycles. The number of hydrogen-bond acceptors (Lipinski definition) is 4. The first-order valence-electron chi connectivity index (χ1n) is 3.39. The topological polar surface area (TPSA) is 153 Å². The van der Waals surface area contributed by atoms with Crippen molar-refractivity contribution in [2.24, 2.45) is 5.11 Å². The molecule has 0 atom stereocenters. The van der Waals surface area contributed by atoms with E-state index >= 15 is 0 Å². The van der Waals surface area contributed by atoms with E-state index in [-0.39, 0.29) is 13.2 Å². The van der Waals surface area contributed by atoms with Gasteiger partial charge in [0, 0.05) is 11.0 Å². The van der Waals surface area contributed by atoms with Crippen LogP contribution in [0.4, 0.5) is 0 Å². The van der Waals surface area contributed by atoms with Gasteiger partial charge in [0.25, 0.3) is 0 Å². The van der Waals surface area contributed by atoms with E-state index in [9.17, 15) is 4.79 Å². The second-order valence-electron chi connectivity index (χ2n) is 1.84. The van der Waals surface area contributed by atoms with E-state index in [1.54, 1.807) is 0 Å². The van der Waals surface area contributed by atoms with Gasteiger partial charge in [-0.3, -0.25) is 0 Å². The van der Waals surface area contributed by atoms with Crippen LogP contribution in [-0.4, -0.2) is 33.8 Å². The molecular formula is C5H10N3O6P. The summed E-state index contributed by atoms with van der Waals surface area (Å²) in [7, 11) is -4.64. The molecule has 3 N–H and O–H groups in total. The maximum absolute atomic E-state index is 10.3. The summed E-state index contributed by atoms with van der Waals surface area (Å²) in [6.45, 7) is 3.45. The van der Waals surface area contributed by atoms with Crippen LogP contribution in [-0.2, 0) is 14.1 Å². The molecule has 15 heavy (non-hydrogen) atoms. The van der Waals surface area contributed by atoms with Crippen molar-refractivity contribution in [3.8, 4) is 0 Å². The minimum atomic E-state index is -4.64. The molecule has 0 fully saturated rings. The van der Waals surface area contributed by atoms with E-state index in [1.165, 1.54) is 0 Å². The Bertz CT molecular complexity index is 285. The first kappa shape index (κ1) is 16.1. The Labute approximate surface area is 84.9 Å². The quantitative estimate of drug-likeness (QED) is 0.120. The smallest absolute Gasteiger partial charge is 0.462 e. The Kier molecular flexibility index (Phi) is 9.85.